The van der Waals surface area contributed by atoms with Crippen LogP contribution in [0.1, 0.15) is 13.8 Å². The Morgan fingerprint density at radius 3 is 2.52 bits per heavy atom. The Morgan fingerprint density at radius 1 is 1.10 bits per heavy atom. The van der Waals surface area contributed by atoms with E-state index in [1.165, 1.54) is 0 Å². The summed E-state index contributed by atoms with van der Waals surface area (Å²) in [4.78, 5) is 4.70. The van der Waals surface area contributed by atoms with Gasteiger partial charge < -0.3 is 10.1 Å². The third kappa shape index (κ3) is 3.00. The molecule has 0 saturated carbocycles. The van der Waals surface area contributed by atoms with Crippen LogP contribution in [0.5, 0.6) is 5.75 Å². The predicted octanol–water partition coefficient (Wildman–Crippen LogP) is 4.79. The fourth-order valence-corrected chi connectivity index (χ4v) is 3.15. The summed E-state index contributed by atoms with van der Waals surface area (Å²) in [7, 11) is 1.92. The van der Waals surface area contributed by atoms with Crippen molar-refractivity contribution in [3.63, 3.8) is 0 Å². The number of benzene rings is 2. The number of hydrogen-bond donors (Lipinski definition) is 1. The molecule has 3 aromatic rings. The minimum atomic E-state index is 0.184. The molecule has 2 aromatic carbocycles. The first-order chi connectivity index (χ1) is 10.2. The molecule has 4 heteroatoms. The third-order valence-electron chi connectivity index (χ3n) is 3.15. The second kappa shape index (κ2) is 5.74. The van der Waals surface area contributed by atoms with E-state index in [1.54, 1.807) is 11.3 Å². The maximum atomic E-state index is 5.74. The lowest BCUT2D eigenvalue weighted by Crippen LogP contribution is -2.04. The van der Waals surface area contributed by atoms with Crippen molar-refractivity contribution in [1.29, 1.82) is 0 Å². The maximum absolute atomic E-state index is 5.74. The van der Waals surface area contributed by atoms with Crippen LogP contribution in [0.2, 0.25) is 0 Å². The van der Waals surface area contributed by atoms with E-state index in [0.717, 1.165) is 32.2 Å². The Bertz CT molecular complexity index is 747. The average molecular weight is 298 g/mol. The van der Waals surface area contributed by atoms with Crippen molar-refractivity contribution >= 4 is 27.2 Å². The van der Waals surface area contributed by atoms with Crippen molar-refractivity contribution in [2.24, 2.45) is 0 Å². The Morgan fingerprint density at radius 2 is 1.86 bits per heavy atom. The number of nitrogens with one attached hydrogen (secondary N) is 1. The van der Waals surface area contributed by atoms with Crippen molar-refractivity contribution in [2.45, 2.75) is 20.0 Å². The zero-order valence-electron chi connectivity index (χ0n) is 12.4. The van der Waals surface area contributed by atoms with Crippen molar-refractivity contribution in [3.05, 3.63) is 42.5 Å². The van der Waals surface area contributed by atoms with Gasteiger partial charge in [-0.25, -0.2) is 4.98 Å². The predicted molar refractivity (Wildman–Crippen MR) is 90.4 cm³/mol. The van der Waals surface area contributed by atoms with E-state index >= 15 is 0 Å². The average Bonchev–Trinajstić information content (AvgIpc) is 2.90. The molecular weight excluding hydrogens is 280 g/mol. The fraction of sp³-hybridized carbons (Fsp3) is 0.235. The maximum Gasteiger partial charge on any atom is 0.124 e. The minimum absolute atomic E-state index is 0.184. The van der Waals surface area contributed by atoms with Gasteiger partial charge in [0.1, 0.15) is 10.8 Å². The van der Waals surface area contributed by atoms with Gasteiger partial charge in [-0.1, -0.05) is 0 Å². The Kier molecular flexibility index (Phi) is 3.80. The van der Waals surface area contributed by atoms with Crippen molar-refractivity contribution in [3.8, 4) is 16.3 Å². The van der Waals surface area contributed by atoms with E-state index in [2.05, 4.69) is 35.6 Å². The molecule has 0 aliphatic carbocycles. The molecule has 0 unspecified atom stereocenters. The highest BCUT2D eigenvalue weighted by atomic mass is 32.1. The molecule has 0 saturated heterocycles. The molecule has 0 spiro atoms. The Balaban J connectivity index is 1.95. The summed E-state index contributed by atoms with van der Waals surface area (Å²) in [6.07, 6.45) is 0.184. The summed E-state index contributed by atoms with van der Waals surface area (Å²) >= 11 is 1.69. The largest absolute Gasteiger partial charge is 0.491 e. The molecule has 1 N–H and O–H groups in total. The first kappa shape index (κ1) is 13.9. The van der Waals surface area contributed by atoms with E-state index in [9.17, 15) is 0 Å². The van der Waals surface area contributed by atoms with Crippen LogP contribution in [-0.4, -0.2) is 18.1 Å². The molecule has 0 aliphatic rings. The van der Waals surface area contributed by atoms with Gasteiger partial charge in [0.2, 0.25) is 0 Å². The van der Waals surface area contributed by atoms with Crippen molar-refractivity contribution in [1.82, 2.24) is 4.98 Å². The van der Waals surface area contributed by atoms with Gasteiger partial charge in [-0.15, -0.1) is 11.3 Å². The number of ether oxygens (including phenoxy) is 1. The molecule has 3 rings (SSSR count). The summed E-state index contributed by atoms with van der Waals surface area (Å²) in [5.74, 6) is 0.901. The summed E-state index contributed by atoms with van der Waals surface area (Å²) in [5.41, 5.74) is 3.26. The second-order valence-electron chi connectivity index (χ2n) is 5.14. The lowest BCUT2D eigenvalue weighted by atomic mass is 10.2. The van der Waals surface area contributed by atoms with Gasteiger partial charge >= 0.3 is 0 Å². The lowest BCUT2D eigenvalue weighted by Gasteiger charge is -2.08. The van der Waals surface area contributed by atoms with Crippen LogP contribution in [-0.2, 0) is 0 Å². The molecular formula is C17H18N2OS. The number of fused-ring (bicyclic) bond motifs is 1. The Labute approximate surface area is 128 Å². The summed E-state index contributed by atoms with van der Waals surface area (Å²) < 4.78 is 6.89. The second-order valence-corrected chi connectivity index (χ2v) is 6.17. The number of hydrogen-bond acceptors (Lipinski definition) is 4. The zero-order valence-corrected chi connectivity index (χ0v) is 13.2. The molecule has 0 aliphatic heterocycles. The van der Waals surface area contributed by atoms with Crippen LogP contribution in [0.4, 0.5) is 5.69 Å². The zero-order chi connectivity index (χ0) is 14.8. The van der Waals surface area contributed by atoms with Crippen LogP contribution in [0, 0.1) is 0 Å². The summed E-state index contributed by atoms with van der Waals surface area (Å²) in [6.45, 7) is 4.07. The van der Waals surface area contributed by atoms with Crippen molar-refractivity contribution in [2.75, 3.05) is 12.4 Å². The highest BCUT2D eigenvalue weighted by molar-refractivity contribution is 7.21. The molecule has 0 bridgehead atoms. The third-order valence-corrected chi connectivity index (χ3v) is 4.22. The van der Waals surface area contributed by atoms with Gasteiger partial charge in [-0.3, -0.25) is 0 Å². The molecule has 21 heavy (non-hydrogen) atoms. The lowest BCUT2D eigenvalue weighted by molar-refractivity contribution is 0.243. The molecule has 0 amide bonds. The highest BCUT2D eigenvalue weighted by Gasteiger charge is 2.08. The normalized spacial score (nSPS) is 11.0. The van der Waals surface area contributed by atoms with Gasteiger partial charge in [0, 0.05) is 18.3 Å². The van der Waals surface area contributed by atoms with E-state index < -0.39 is 0 Å². The summed E-state index contributed by atoms with van der Waals surface area (Å²) in [6, 6.07) is 14.4. The number of nitrogens with zero attached hydrogens (tertiary/aromatic N) is 1. The molecule has 0 radical (unpaired) electrons. The van der Waals surface area contributed by atoms with E-state index in [-0.39, 0.29) is 6.10 Å². The standard InChI is InChI=1S/C17H18N2OS/c1-11(2)20-14-8-9-15-16(10-14)21-17(19-15)12-4-6-13(18-3)7-5-12/h4-11,18H,1-3H3. The first-order valence-electron chi connectivity index (χ1n) is 7.01. The number of thiazole rings is 1. The number of aromatic nitrogens is 1. The van der Waals surface area contributed by atoms with Crippen LogP contribution >= 0.6 is 11.3 Å². The first-order valence-corrected chi connectivity index (χ1v) is 7.83. The van der Waals surface area contributed by atoms with Gasteiger partial charge in [-0.2, -0.15) is 0 Å². The number of rotatable bonds is 4. The molecule has 3 nitrogen and oxygen atoms in total. The van der Waals surface area contributed by atoms with E-state index in [0.29, 0.717) is 0 Å². The SMILES string of the molecule is CNc1ccc(-c2nc3ccc(OC(C)C)cc3s2)cc1. The van der Waals surface area contributed by atoms with Crippen molar-refractivity contribution < 1.29 is 4.74 Å². The molecule has 0 atom stereocenters. The van der Waals surface area contributed by atoms with Gasteiger partial charge in [0.05, 0.1) is 16.3 Å². The van der Waals surface area contributed by atoms with E-state index in [4.69, 9.17) is 9.72 Å². The monoisotopic (exact) mass is 298 g/mol. The molecule has 1 aromatic heterocycles. The van der Waals surface area contributed by atoms with Crippen LogP contribution in [0.25, 0.3) is 20.8 Å². The highest BCUT2D eigenvalue weighted by Crippen LogP contribution is 2.32. The summed E-state index contributed by atoms with van der Waals surface area (Å²) in [5, 5.41) is 4.16. The van der Waals surface area contributed by atoms with Crippen LogP contribution < -0.4 is 10.1 Å². The number of anilines is 1. The van der Waals surface area contributed by atoms with Gasteiger partial charge in [0.15, 0.2) is 0 Å². The quantitative estimate of drug-likeness (QED) is 0.752. The Hall–Kier alpha value is -2.07. The van der Waals surface area contributed by atoms with E-state index in [1.807, 2.05) is 33.0 Å². The minimum Gasteiger partial charge on any atom is -0.491 e. The van der Waals surface area contributed by atoms with Gasteiger partial charge in [-0.05, 0) is 56.3 Å². The van der Waals surface area contributed by atoms with Crippen LogP contribution in [0.3, 0.4) is 0 Å². The smallest absolute Gasteiger partial charge is 0.124 e. The van der Waals surface area contributed by atoms with Crippen LogP contribution in [0.15, 0.2) is 42.5 Å². The topological polar surface area (TPSA) is 34.2 Å². The van der Waals surface area contributed by atoms with Gasteiger partial charge in [0.25, 0.3) is 0 Å². The fourth-order valence-electron chi connectivity index (χ4n) is 2.15. The molecule has 0 fully saturated rings. The molecule has 1 heterocycles. The molecule has 108 valence electrons.